The maximum atomic E-state index is 11.3. The Labute approximate surface area is 83.3 Å². The molecule has 0 aliphatic heterocycles. The number of aryl methyl sites for hydroxylation is 1. The van der Waals surface area contributed by atoms with Gasteiger partial charge in [-0.3, -0.25) is 9.89 Å². The van der Waals surface area contributed by atoms with E-state index in [1.54, 1.807) is 0 Å². The van der Waals surface area contributed by atoms with E-state index in [9.17, 15) is 4.79 Å². The minimum absolute atomic E-state index is 0.0681. The molecule has 0 spiro atoms. The average molecular weight is 196 g/mol. The number of nitrogens with zero attached hydrogens (tertiary/aromatic N) is 1. The van der Waals surface area contributed by atoms with Crippen LogP contribution in [0.15, 0.2) is 0 Å². The van der Waals surface area contributed by atoms with Crippen LogP contribution in [0.1, 0.15) is 18.2 Å². The van der Waals surface area contributed by atoms with Crippen molar-refractivity contribution >= 4 is 11.7 Å². The molecular formula is C9H16N4O. The Hall–Kier alpha value is -1.36. The second-order valence-electron chi connectivity index (χ2n) is 3.15. The molecule has 1 amide bonds. The van der Waals surface area contributed by atoms with Gasteiger partial charge in [0.2, 0.25) is 5.91 Å². The van der Waals surface area contributed by atoms with E-state index in [4.69, 9.17) is 0 Å². The lowest BCUT2D eigenvalue weighted by molar-refractivity contribution is -0.115. The van der Waals surface area contributed by atoms with E-state index in [1.165, 1.54) is 0 Å². The zero-order valence-corrected chi connectivity index (χ0v) is 8.77. The van der Waals surface area contributed by atoms with Crippen LogP contribution in [0.3, 0.4) is 0 Å². The standard InChI is InChI=1S/C9H16N4O/c1-4-10-5-8(14)11-9-6(2)7(3)12-13-9/h10H,4-5H2,1-3H3,(H2,11,12,13,14). The summed E-state index contributed by atoms with van der Waals surface area (Å²) in [4.78, 5) is 11.3. The van der Waals surface area contributed by atoms with E-state index in [1.807, 2.05) is 20.8 Å². The van der Waals surface area contributed by atoms with Crippen molar-refractivity contribution in [1.29, 1.82) is 0 Å². The molecule has 0 saturated carbocycles. The summed E-state index contributed by atoms with van der Waals surface area (Å²) in [6.45, 7) is 6.90. The van der Waals surface area contributed by atoms with E-state index < -0.39 is 0 Å². The van der Waals surface area contributed by atoms with Crippen LogP contribution < -0.4 is 10.6 Å². The number of rotatable bonds is 4. The van der Waals surface area contributed by atoms with Crippen molar-refractivity contribution in [3.8, 4) is 0 Å². The van der Waals surface area contributed by atoms with Crippen molar-refractivity contribution in [2.45, 2.75) is 20.8 Å². The van der Waals surface area contributed by atoms with E-state index in [0.717, 1.165) is 17.8 Å². The van der Waals surface area contributed by atoms with Gasteiger partial charge >= 0.3 is 0 Å². The quantitative estimate of drug-likeness (QED) is 0.659. The maximum absolute atomic E-state index is 11.3. The predicted molar refractivity (Wildman–Crippen MR) is 55.2 cm³/mol. The van der Waals surface area contributed by atoms with Crippen molar-refractivity contribution in [1.82, 2.24) is 15.5 Å². The molecule has 1 rings (SSSR count). The van der Waals surface area contributed by atoms with Gasteiger partial charge in [0, 0.05) is 11.3 Å². The number of hydrogen-bond acceptors (Lipinski definition) is 3. The summed E-state index contributed by atoms with van der Waals surface area (Å²) in [7, 11) is 0. The molecule has 5 heteroatoms. The Morgan fingerprint density at radius 1 is 1.50 bits per heavy atom. The van der Waals surface area contributed by atoms with E-state index in [0.29, 0.717) is 12.4 Å². The smallest absolute Gasteiger partial charge is 0.239 e. The fraction of sp³-hybridized carbons (Fsp3) is 0.556. The van der Waals surface area contributed by atoms with Gasteiger partial charge in [0.1, 0.15) is 0 Å². The van der Waals surface area contributed by atoms with Gasteiger partial charge in [0.25, 0.3) is 0 Å². The number of hydrogen-bond donors (Lipinski definition) is 3. The Kier molecular flexibility index (Phi) is 3.64. The maximum Gasteiger partial charge on any atom is 0.239 e. The summed E-state index contributed by atoms with van der Waals surface area (Å²) in [5.41, 5.74) is 1.96. The van der Waals surface area contributed by atoms with Crippen LogP contribution in [0.25, 0.3) is 0 Å². The Balaban J connectivity index is 2.52. The zero-order chi connectivity index (χ0) is 10.6. The van der Waals surface area contributed by atoms with Crippen LogP contribution in [0.5, 0.6) is 0 Å². The zero-order valence-electron chi connectivity index (χ0n) is 8.77. The predicted octanol–water partition coefficient (Wildman–Crippen LogP) is 0.575. The molecule has 0 atom stereocenters. The number of likely N-dealkylation sites (N-methyl/N-ethyl adjacent to an activating group) is 1. The van der Waals surface area contributed by atoms with Gasteiger partial charge in [-0.15, -0.1) is 0 Å². The molecule has 1 aromatic heterocycles. The van der Waals surface area contributed by atoms with E-state index >= 15 is 0 Å². The first-order valence-corrected chi connectivity index (χ1v) is 4.67. The molecule has 0 bridgehead atoms. The van der Waals surface area contributed by atoms with Gasteiger partial charge in [-0.2, -0.15) is 5.10 Å². The van der Waals surface area contributed by atoms with Crippen LogP contribution >= 0.6 is 0 Å². The number of amides is 1. The van der Waals surface area contributed by atoms with Gasteiger partial charge in [-0.05, 0) is 20.4 Å². The number of aromatic amines is 1. The van der Waals surface area contributed by atoms with Crippen molar-refractivity contribution in [2.75, 3.05) is 18.4 Å². The summed E-state index contributed by atoms with van der Waals surface area (Å²) in [5, 5.41) is 12.5. The van der Waals surface area contributed by atoms with Gasteiger partial charge in [0.05, 0.1) is 6.54 Å². The van der Waals surface area contributed by atoms with Crippen molar-refractivity contribution < 1.29 is 4.79 Å². The number of nitrogens with one attached hydrogen (secondary N) is 3. The van der Waals surface area contributed by atoms with Crippen LogP contribution in [0, 0.1) is 13.8 Å². The molecular weight excluding hydrogens is 180 g/mol. The molecule has 1 aromatic rings. The lowest BCUT2D eigenvalue weighted by Gasteiger charge is -2.02. The lowest BCUT2D eigenvalue weighted by Crippen LogP contribution is -2.28. The highest BCUT2D eigenvalue weighted by Gasteiger charge is 2.08. The first-order chi connectivity index (χ1) is 6.65. The van der Waals surface area contributed by atoms with Crippen LogP contribution in [-0.4, -0.2) is 29.2 Å². The Morgan fingerprint density at radius 2 is 2.21 bits per heavy atom. The Morgan fingerprint density at radius 3 is 2.71 bits per heavy atom. The summed E-state index contributed by atoms with van der Waals surface area (Å²) in [6.07, 6.45) is 0. The second-order valence-corrected chi connectivity index (χ2v) is 3.15. The number of aromatic nitrogens is 2. The van der Waals surface area contributed by atoms with Crippen molar-refractivity contribution in [3.05, 3.63) is 11.3 Å². The third-order valence-electron chi connectivity index (χ3n) is 2.05. The second kappa shape index (κ2) is 4.76. The third-order valence-corrected chi connectivity index (χ3v) is 2.05. The molecule has 14 heavy (non-hydrogen) atoms. The van der Waals surface area contributed by atoms with E-state index in [-0.39, 0.29) is 5.91 Å². The molecule has 5 nitrogen and oxygen atoms in total. The fourth-order valence-electron chi connectivity index (χ4n) is 1.02. The molecule has 0 unspecified atom stereocenters. The Bertz CT molecular complexity index is 319. The lowest BCUT2D eigenvalue weighted by atomic mass is 10.3. The summed E-state index contributed by atoms with van der Waals surface area (Å²) in [6, 6.07) is 0. The van der Waals surface area contributed by atoms with Crippen LogP contribution in [0.2, 0.25) is 0 Å². The molecule has 0 aromatic carbocycles. The van der Waals surface area contributed by atoms with Gasteiger partial charge in [0.15, 0.2) is 5.82 Å². The van der Waals surface area contributed by atoms with Crippen molar-refractivity contribution in [2.24, 2.45) is 0 Å². The molecule has 78 valence electrons. The highest BCUT2D eigenvalue weighted by molar-refractivity contribution is 5.92. The molecule has 1 heterocycles. The summed E-state index contributed by atoms with van der Waals surface area (Å²) >= 11 is 0. The molecule has 0 radical (unpaired) electrons. The molecule has 3 N–H and O–H groups in total. The number of carbonyl (C=O) groups excluding carboxylic acids is 1. The number of anilines is 1. The van der Waals surface area contributed by atoms with Crippen molar-refractivity contribution in [3.63, 3.8) is 0 Å². The first-order valence-electron chi connectivity index (χ1n) is 4.67. The fourth-order valence-corrected chi connectivity index (χ4v) is 1.02. The van der Waals surface area contributed by atoms with Gasteiger partial charge in [-0.25, -0.2) is 0 Å². The monoisotopic (exact) mass is 196 g/mol. The van der Waals surface area contributed by atoms with Crippen LogP contribution in [-0.2, 0) is 4.79 Å². The molecule has 0 aliphatic rings. The summed E-state index contributed by atoms with van der Waals surface area (Å²) in [5.74, 6) is 0.548. The average Bonchev–Trinajstić information content (AvgIpc) is 2.46. The van der Waals surface area contributed by atoms with Gasteiger partial charge < -0.3 is 10.6 Å². The van der Waals surface area contributed by atoms with E-state index in [2.05, 4.69) is 20.8 Å². The number of H-pyrrole nitrogens is 1. The topological polar surface area (TPSA) is 69.8 Å². The first kappa shape index (κ1) is 10.7. The SMILES string of the molecule is CCNCC(=O)Nc1n[nH]c(C)c1C. The van der Waals surface area contributed by atoms with Crippen LogP contribution in [0.4, 0.5) is 5.82 Å². The molecule has 0 fully saturated rings. The molecule has 0 aliphatic carbocycles. The minimum atomic E-state index is -0.0681. The summed E-state index contributed by atoms with van der Waals surface area (Å²) < 4.78 is 0. The normalized spacial score (nSPS) is 10.2. The molecule has 0 saturated heterocycles. The third kappa shape index (κ3) is 2.56. The largest absolute Gasteiger partial charge is 0.309 e. The minimum Gasteiger partial charge on any atom is -0.309 e. The number of carbonyl (C=O) groups is 1. The highest BCUT2D eigenvalue weighted by Crippen LogP contribution is 2.12. The van der Waals surface area contributed by atoms with Gasteiger partial charge in [-0.1, -0.05) is 6.92 Å². The highest BCUT2D eigenvalue weighted by atomic mass is 16.2.